The molecule has 1 amide bonds. The van der Waals surface area contributed by atoms with Crippen LogP contribution in [-0.4, -0.2) is 19.6 Å². The number of carbonyl (C=O) groups excluding carboxylic acids is 1. The van der Waals surface area contributed by atoms with E-state index in [1.165, 1.54) is 0 Å². The summed E-state index contributed by atoms with van der Waals surface area (Å²) >= 11 is 0. The Balaban J connectivity index is 2.37. The lowest BCUT2D eigenvalue weighted by Crippen LogP contribution is -2.24. The Kier molecular flexibility index (Phi) is 2.99. The van der Waals surface area contributed by atoms with Gasteiger partial charge in [0.2, 0.25) is 5.91 Å². The lowest BCUT2D eigenvalue weighted by molar-refractivity contribution is -0.119. The molecule has 1 atom stereocenters. The fraction of sp³-hybridized carbons (Fsp3) is 0.417. The summed E-state index contributed by atoms with van der Waals surface area (Å²) in [6.07, 6.45) is 0.829. The van der Waals surface area contributed by atoms with Gasteiger partial charge in [0.1, 0.15) is 11.4 Å². The molecule has 4 heteroatoms. The Morgan fingerprint density at radius 3 is 3.00 bits per heavy atom. The highest BCUT2D eigenvalue weighted by Gasteiger charge is 2.23. The Labute approximate surface area is 95.0 Å². The first-order valence-electron chi connectivity index (χ1n) is 5.48. The number of hydrogen-bond acceptors (Lipinski definition) is 3. The van der Waals surface area contributed by atoms with Gasteiger partial charge in [-0.05, 0) is 18.6 Å². The van der Waals surface area contributed by atoms with E-state index in [4.69, 9.17) is 4.74 Å². The van der Waals surface area contributed by atoms with E-state index in [1.54, 1.807) is 7.11 Å². The van der Waals surface area contributed by atoms with Crippen molar-refractivity contribution < 1.29 is 9.53 Å². The van der Waals surface area contributed by atoms with Crippen molar-refractivity contribution in [3.05, 3.63) is 18.2 Å². The number of hydrogen-bond donors (Lipinski definition) is 2. The third-order valence-electron chi connectivity index (χ3n) is 2.90. The number of benzene rings is 1. The zero-order chi connectivity index (χ0) is 11.5. The lowest BCUT2D eigenvalue weighted by atomic mass is 10.1. The van der Waals surface area contributed by atoms with Gasteiger partial charge in [0.05, 0.1) is 18.7 Å². The summed E-state index contributed by atoms with van der Waals surface area (Å²) in [4.78, 5) is 11.9. The van der Waals surface area contributed by atoms with Gasteiger partial charge in [0, 0.05) is 6.54 Å². The Morgan fingerprint density at radius 1 is 1.50 bits per heavy atom. The number of ether oxygens (including phenoxy) is 1. The van der Waals surface area contributed by atoms with Crippen LogP contribution in [-0.2, 0) is 4.79 Å². The molecule has 1 aliphatic heterocycles. The summed E-state index contributed by atoms with van der Waals surface area (Å²) in [6, 6.07) is 5.69. The van der Waals surface area contributed by atoms with Gasteiger partial charge in [0.25, 0.3) is 0 Å². The van der Waals surface area contributed by atoms with Crippen LogP contribution in [0.25, 0.3) is 0 Å². The molecule has 1 heterocycles. The van der Waals surface area contributed by atoms with Gasteiger partial charge in [-0.2, -0.15) is 0 Å². The van der Waals surface area contributed by atoms with Crippen LogP contribution in [0.4, 0.5) is 11.4 Å². The zero-order valence-corrected chi connectivity index (χ0v) is 9.54. The van der Waals surface area contributed by atoms with Crippen LogP contribution in [0.15, 0.2) is 18.2 Å². The summed E-state index contributed by atoms with van der Waals surface area (Å²) in [7, 11) is 1.60. The van der Waals surface area contributed by atoms with Crippen molar-refractivity contribution in [3.63, 3.8) is 0 Å². The summed E-state index contributed by atoms with van der Waals surface area (Å²) < 4.78 is 5.23. The van der Waals surface area contributed by atoms with Crippen molar-refractivity contribution >= 4 is 17.3 Å². The van der Waals surface area contributed by atoms with Gasteiger partial charge in [0.15, 0.2) is 0 Å². The van der Waals surface area contributed by atoms with E-state index in [0.717, 1.165) is 17.8 Å². The van der Waals surface area contributed by atoms with Crippen LogP contribution in [0.5, 0.6) is 5.75 Å². The third-order valence-corrected chi connectivity index (χ3v) is 2.90. The maximum atomic E-state index is 11.9. The first kappa shape index (κ1) is 10.8. The molecular weight excluding hydrogens is 204 g/mol. The second-order valence-electron chi connectivity index (χ2n) is 3.86. The molecule has 1 aromatic carbocycles. The molecule has 0 bridgehead atoms. The highest BCUT2D eigenvalue weighted by atomic mass is 16.5. The Hall–Kier alpha value is -1.71. The normalized spacial score (nSPS) is 19.1. The predicted octanol–water partition coefficient (Wildman–Crippen LogP) is 2.09. The van der Waals surface area contributed by atoms with Gasteiger partial charge >= 0.3 is 0 Å². The van der Waals surface area contributed by atoms with Crippen LogP contribution in [0.1, 0.15) is 13.3 Å². The quantitative estimate of drug-likeness (QED) is 0.802. The van der Waals surface area contributed by atoms with Gasteiger partial charge < -0.3 is 15.4 Å². The molecule has 1 unspecified atom stereocenters. The SMILES string of the molecule is CCC1CNc2cccc(OC)c2NC1=O. The minimum atomic E-state index is 0.0112. The number of para-hydroxylation sites is 1. The summed E-state index contributed by atoms with van der Waals surface area (Å²) in [5.74, 6) is 0.755. The van der Waals surface area contributed by atoms with E-state index >= 15 is 0 Å². The van der Waals surface area contributed by atoms with E-state index in [-0.39, 0.29) is 11.8 Å². The number of carbonyl (C=O) groups is 1. The number of methoxy groups -OCH3 is 1. The number of fused-ring (bicyclic) bond motifs is 1. The summed E-state index contributed by atoms with van der Waals surface area (Å²) in [5, 5.41) is 6.18. The number of nitrogens with one attached hydrogen (secondary N) is 2. The first-order chi connectivity index (χ1) is 7.76. The van der Waals surface area contributed by atoms with E-state index in [1.807, 2.05) is 25.1 Å². The summed E-state index contributed by atoms with van der Waals surface area (Å²) in [5.41, 5.74) is 1.66. The minimum absolute atomic E-state index is 0.0112. The highest BCUT2D eigenvalue weighted by Crippen LogP contribution is 2.34. The van der Waals surface area contributed by atoms with Crippen LogP contribution in [0.3, 0.4) is 0 Å². The molecule has 0 radical (unpaired) electrons. The molecule has 1 aliphatic rings. The monoisotopic (exact) mass is 220 g/mol. The van der Waals surface area contributed by atoms with Crippen molar-refractivity contribution in [1.82, 2.24) is 0 Å². The average molecular weight is 220 g/mol. The molecule has 0 aromatic heterocycles. The molecule has 0 saturated heterocycles. The van der Waals surface area contributed by atoms with Crippen LogP contribution in [0.2, 0.25) is 0 Å². The van der Waals surface area contributed by atoms with E-state index in [9.17, 15) is 4.79 Å². The van der Waals surface area contributed by atoms with Crippen molar-refractivity contribution in [2.75, 3.05) is 24.3 Å². The molecule has 1 aromatic rings. The highest BCUT2D eigenvalue weighted by molar-refractivity contribution is 5.99. The molecule has 0 aliphatic carbocycles. The predicted molar refractivity (Wildman–Crippen MR) is 63.9 cm³/mol. The van der Waals surface area contributed by atoms with E-state index in [0.29, 0.717) is 12.3 Å². The maximum absolute atomic E-state index is 11.9. The number of amides is 1. The fourth-order valence-electron chi connectivity index (χ4n) is 1.86. The number of rotatable bonds is 2. The fourth-order valence-corrected chi connectivity index (χ4v) is 1.86. The molecule has 86 valence electrons. The standard InChI is InChI=1S/C12H16N2O2/c1-3-8-7-13-9-5-4-6-10(16-2)11(9)14-12(8)15/h4-6,8,13H,3,7H2,1-2H3,(H,14,15). The van der Waals surface area contributed by atoms with Crippen molar-refractivity contribution in [2.45, 2.75) is 13.3 Å². The molecule has 2 rings (SSSR count). The third kappa shape index (κ3) is 1.83. The smallest absolute Gasteiger partial charge is 0.229 e. The topological polar surface area (TPSA) is 50.4 Å². The molecular formula is C12H16N2O2. The second kappa shape index (κ2) is 4.43. The van der Waals surface area contributed by atoms with Crippen LogP contribution in [0, 0.1) is 5.92 Å². The molecule has 0 spiro atoms. The number of anilines is 2. The van der Waals surface area contributed by atoms with Crippen molar-refractivity contribution in [3.8, 4) is 5.75 Å². The van der Waals surface area contributed by atoms with Gasteiger partial charge in [-0.15, -0.1) is 0 Å². The molecule has 0 fully saturated rings. The van der Waals surface area contributed by atoms with Crippen molar-refractivity contribution in [1.29, 1.82) is 0 Å². The molecule has 4 nitrogen and oxygen atoms in total. The molecule has 2 N–H and O–H groups in total. The van der Waals surface area contributed by atoms with E-state index in [2.05, 4.69) is 10.6 Å². The largest absolute Gasteiger partial charge is 0.494 e. The zero-order valence-electron chi connectivity index (χ0n) is 9.54. The Bertz CT molecular complexity index is 404. The van der Waals surface area contributed by atoms with Crippen molar-refractivity contribution in [2.24, 2.45) is 5.92 Å². The van der Waals surface area contributed by atoms with Gasteiger partial charge in [-0.25, -0.2) is 0 Å². The molecule has 16 heavy (non-hydrogen) atoms. The minimum Gasteiger partial charge on any atom is -0.494 e. The second-order valence-corrected chi connectivity index (χ2v) is 3.86. The summed E-state index contributed by atoms with van der Waals surface area (Å²) in [6.45, 7) is 2.68. The average Bonchev–Trinajstić information content (AvgIpc) is 2.46. The first-order valence-corrected chi connectivity index (χ1v) is 5.48. The Morgan fingerprint density at radius 2 is 2.31 bits per heavy atom. The van der Waals surface area contributed by atoms with Crippen LogP contribution >= 0.6 is 0 Å². The van der Waals surface area contributed by atoms with E-state index < -0.39 is 0 Å². The van der Waals surface area contributed by atoms with Gasteiger partial charge in [-0.3, -0.25) is 4.79 Å². The van der Waals surface area contributed by atoms with Crippen LogP contribution < -0.4 is 15.4 Å². The van der Waals surface area contributed by atoms with Gasteiger partial charge in [-0.1, -0.05) is 13.0 Å². The maximum Gasteiger partial charge on any atom is 0.229 e. The lowest BCUT2D eigenvalue weighted by Gasteiger charge is -2.11. The molecule has 0 saturated carbocycles.